The standard InChI is InChI=1S/C23H18N2/c24-23-16-21(18-9-5-2-6-10-18)15-22(25-23)20-13-11-19(12-14-20)17-7-3-1-4-8-17/h1-16H,(H2,24,25). The van der Waals surface area contributed by atoms with E-state index in [1.54, 1.807) is 0 Å². The second-order valence-corrected chi connectivity index (χ2v) is 5.98. The molecule has 4 aromatic rings. The molecule has 0 aliphatic carbocycles. The van der Waals surface area contributed by atoms with Crippen LogP contribution in [-0.4, -0.2) is 4.98 Å². The quantitative estimate of drug-likeness (QED) is 0.528. The third-order valence-electron chi connectivity index (χ3n) is 4.24. The number of nitrogens with zero attached hydrogens (tertiary/aromatic N) is 1. The molecule has 0 amide bonds. The SMILES string of the molecule is Nc1cc(-c2ccccc2)cc(-c2ccc(-c3ccccc3)cc2)n1. The van der Waals surface area contributed by atoms with Gasteiger partial charge in [0.15, 0.2) is 0 Å². The number of aromatic nitrogens is 1. The zero-order chi connectivity index (χ0) is 17.1. The van der Waals surface area contributed by atoms with Gasteiger partial charge >= 0.3 is 0 Å². The third-order valence-corrected chi connectivity index (χ3v) is 4.24. The van der Waals surface area contributed by atoms with E-state index >= 15 is 0 Å². The highest BCUT2D eigenvalue weighted by Gasteiger charge is 2.06. The fraction of sp³-hybridized carbons (Fsp3) is 0. The molecule has 2 N–H and O–H groups in total. The van der Waals surface area contributed by atoms with Crippen LogP contribution in [0.5, 0.6) is 0 Å². The first kappa shape index (κ1) is 15.2. The van der Waals surface area contributed by atoms with E-state index < -0.39 is 0 Å². The predicted molar refractivity (Wildman–Crippen MR) is 105 cm³/mol. The van der Waals surface area contributed by atoms with Gasteiger partial charge < -0.3 is 5.73 Å². The summed E-state index contributed by atoms with van der Waals surface area (Å²) in [6.45, 7) is 0. The molecule has 2 nitrogen and oxygen atoms in total. The van der Waals surface area contributed by atoms with E-state index in [9.17, 15) is 0 Å². The van der Waals surface area contributed by atoms with Crippen LogP contribution in [0.1, 0.15) is 0 Å². The molecule has 0 saturated heterocycles. The van der Waals surface area contributed by atoms with Crippen molar-refractivity contribution in [1.29, 1.82) is 0 Å². The Labute approximate surface area is 147 Å². The summed E-state index contributed by atoms with van der Waals surface area (Å²) >= 11 is 0. The average molecular weight is 322 g/mol. The van der Waals surface area contributed by atoms with Crippen LogP contribution in [-0.2, 0) is 0 Å². The predicted octanol–water partition coefficient (Wildman–Crippen LogP) is 5.66. The van der Waals surface area contributed by atoms with Crippen LogP contribution in [0.4, 0.5) is 5.82 Å². The average Bonchev–Trinajstić information content (AvgIpc) is 2.69. The summed E-state index contributed by atoms with van der Waals surface area (Å²) in [4.78, 5) is 4.51. The number of pyridine rings is 1. The van der Waals surface area contributed by atoms with Crippen molar-refractivity contribution >= 4 is 5.82 Å². The summed E-state index contributed by atoms with van der Waals surface area (Å²) in [5.41, 5.74) is 12.6. The molecule has 0 atom stereocenters. The molecule has 3 aromatic carbocycles. The number of benzene rings is 3. The van der Waals surface area contributed by atoms with Gasteiger partial charge in [-0.05, 0) is 34.4 Å². The Bertz CT molecular complexity index is 975. The first-order valence-electron chi connectivity index (χ1n) is 8.28. The van der Waals surface area contributed by atoms with Gasteiger partial charge in [-0.3, -0.25) is 0 Å². The summed E-state index contributed by atoms with van der Waals surface area (Å²) in [7, 11) is 0. The van der Waals surface area contributed by atoms with Crippen molar-refractivity contribution in [2.75, 3.05) is 5.73 Å². The van der Waals surface area contributed by atoms with Gasteiger partial charge in [0.1, 0.15) is 5.82 Å². The van der Waals surface area contributed by atoms with Gasteiger partial charge in [0.05, 0.1) is 5.69 Å². The summed E-state index contributed by atoms with van der Waals surface area (Å²) < 4.78 is 0. The fourth-order valence-corrected chi connectivity index (χ4v) is 2.96. The topological polar surface area (TPSA) is 38.9 Å². The van der Waals surface area contributed by atoms with Crippen molar-refractivity contribution in [3.63, 3.8) is 0 Å². The number of rotatable bonds is 3. The van der Waals surface area contributed by atoms with Gasteiger partial charge in [0.25, 0.3) is 0 Å². The van der Waals surface area contributed by atoms with E-state index in [-0.39, 0.29) is 0 Å². The fourth-order valence-electron chi connectivity index (χ4n) is 2.96. The second-order valence-electron chi connectivity index (χ2n) is 5.98. The molecule has 25 heavy (non-hydrogen) atoms. The van der Waals surface area contributed by atoms with Gasteiger partial charge in [0, 0.05) is 5.56 Å². The third kappa shape index (κ3) is 3.29. The van der Waals surface area contributed by atoms with E-state index in [1.807, 2.05) is 30.3 Å². The van der Waals surface area contributed by atoms with Crippen LogP contribution in [0.15, 0.2) is 97.1 Å². The van der Waals surface area contributed by atoms with Crippen LogP contribution in [0.25, 0.3) is 33.5 Å². The maximum absolute atomic E-state index is 6.04. The highest BCUT2D eigenvalue weighted by Crippen LogP contribution is 2.28. The largest absolute Gasteiger partial charge is 0.384 e. The number of nitrogens with two attached hydrogens (primary N) is 1. The smallest absolute Gasteiger partial charge is 0.124 e. The molecule has 0 bridgehead atoms. The summed E-state index contributed by atoms with van der Waals surface area (Å²) in [5.74, 6) is 0.531. The van der Waals surface area contributed by atoms with E-state index in [1.165, 1.54) is 11.1 Å². The summed E-state index contributed by atoms with van der Waals surface area (Å²) in [5, 5.41) is 0. The second kappa shape index (κ2) is 6.62. The Kier molecular flexibility index (Phi) is 4.01. The zero-order valence-corrected chi connectivity index (χ0v) is 13.8. The van der Waals surface area contributed by atoms with Crippen molar-refractivity contribution in [3.05, 3.63) is 97.1 Å². The number of anilines is 1. The maximum Gasteiger partial charge on any atom is 0.124 e. The summed E-state index contributed by atoms with van der Waals surface area (Å²) in [6, 6.07) is 33.0. The molecule has 0 radical (unpaired) electrons. The van der Waals surface area contributed by atoms with Crippen LogP contribution < -0.4 is 5.73 Å². The lowest BCUT2D eigenvalue weighted by atomic mass is 10.0. The highest BCUT2D eigenvalue weighted by molar-refractivity contribution is 5.75. The molecule has 0 unspecified atom stereocenters. The number of nitrogen functional groups attached to an aromatic ring is 1. The van der Waals surface area contributed by atoms with Crippen molar-refractivity contribution < 1.29 is 0 Å². The molecule has 120 valence electrons. The highest BCUT2D eigenvalue weighted by atomic mass is 14.8. The van der Waals surface area contributed by atoms with Crippen LogP contribution in [0.2, 0.25) is 0 Å². The van der Waals surface area contributed by atoms with Crippen LogP contribution >= 0.6 is 0 Å². The Morgan fingerprint density at radius 1 is 0.480 bits per heavy atom. The monoisotopic (exact) mass is 322 g/mol. The minimum absolute atomic E-state index is 0.531. The van der Waals surface area contributed by atoms with Crippen molar-refractivity contribution in [1.82, 2.24) is 4.98 Å². The zero-order valence-electron chi connectivity index (χ0n) is 13.8. The van der Waals surface area contributed by atoms with Gasteiger partial charge in [-0.25, -0.2) is 4.98 Å². The molecule has 0 aliphatic rings. The summed E-state index contributed by atoms with van der Waals surface area (Å²) in [6.07, 6.45) is 0. The molecule has 1 heterocycles. The Morgan fingerprint density at radius 3 is 1.56 bits per heavy atom. The lowest BCUT2D eigenvalue weighted by Gasteiger charge is -2.08. The van der Waals surface area contributed by atoms with Crippen LogP contribution in [0, 0.1) is 0 Å². The van der Waals surface area contributed by atoms with E-state index in [0.717, 1.165) is 22.4 Å². The Morgan fingerprint density at radius 2 is 0.960 bits per heavy atom. The molecular formula is C23H18N2. The molecular weight excluding hydrogens is 304 g/mol. The number of hydrogen-bond acceptors (Lipinski definition) is 2. The van der Waals surface area contributed by atoms with Crippen molar-refractivity contribution in [2.45, 2.75) is 0 Å². The van der Waals surface area contributed by atoms with Gasteiger partial charge in [-0.1, -0.05) is 84.9 Å². The first-order valence-corrected chi connectivity index (χ1v) is 8.28. The molecule has 1 aromatic heterocycles. The molecule has 0 saturated carbocycles. The lowest BCUT2D eigenvalue weighted by molar-refractivity contribution is 1.33. The molecule has 0 fully saturated rings. The minimum atomic E-state index is 0.531. The number of hydrogen-bond donors (Lipinski definition) is 1. The first-order chi connectivity index (χ1) is 12.3. The van der Waals surface area contributed by atoms with Crippen molar-refractivity contribution in [2.24, 2.45) is 0 Å². The Hall–Kier alpha value is -3.39. The normalized spacial score (nSPS) is 10.6. The molecule has 0 aliphatic heterocycles. The van der Waals surface area contributed by atoms with E-state index in [4.69, 9.17) is 5.73 Å². The van der Waals surface area contributed by atoms with E-state index in [0.29, 0.717) is 5.82 Å². The molecule has 4 rings (SSSR count). The van der Waals surface area contributed by atoms with Gasteiger partial charge in [-0.2, -0.15) is 0 Å². The minimum Gasteiger partial charge on any atom is -0.384 e. The maximum atomic E-state index is 6.04. The van der Waals surface area contributed by atoms with Gasteiger partial charge in [-0.15, -0.1) is 0 Å². The van der Waals surface area contributed by atoms with Gasteiger partial charge in [0.2, 0.25) is 0 Å². The Balaban J connectivity index is 1.71. The molecule has 0 spiro atoms. The lowest BCUT2D eigenvalue weighted by Crippen LogP contribution is -1.94. The van der Waals surface area contributed by atoms with Crippen molar-refractivity contribution in [3.8, 4) is 33.5 Å². The van der Waals surface area contributed by atoms with Crippen LogP contribution in [0.3, 0.4) is 0 Å². The van der Waals surface area contributed by atoms with E-state index in [2.05, 4.69) is 71.7 Å². The molecule has 2 heteroatoms.